The molecule has 0 saturated heterocycles. The predicted octanol–water partition coefficient (Wildman–Crippen LogP) is 5.23. The predicted molar refractivity (Wildman–Crippen MR) is 92.4 cm³/mol. The van der Waals surface area contributed by atoms with Gasteiger partial charge in [0.2, 0.25) is 0 Å². The topological polar surface area (TPSA) is 26.0 Å². The van der Waals surface area contributed by atoms with E-state index in [2.05, 4.69) is 38.1 Å². The zero-order valence-electron chi connectivity index (χ0n) is 12.4. The van der Waals surface area contributed by atoms with Crippen molar-refractivity contribution in [3.8, 4) is 0 Å². The summed E-state index contributed by atoms with van der Waals surface area (Å²) < 4.78 is 0. The van der Waals surface area contributed by atoms with Crippen molar-refractivity contribution in [2.24, 2.45) is 5.73 Å². The number of rotatable bonds is 5. The highest BCUT2D eigenvalue weighted by Crippen LogP contribution is 2.22. The zero-order chi connectivity index (χ0) is 15.4. The van der Waals surface area contributed by atoms with Gasteiger partial charge in [0.1, 0.15) is 0 Å². The fourth-order valence-electron chi connectivity index (χ4n) is 2.38. The normalized spacial score (nSPS) is 12.7. The van der Waals surface area contributed by atoms with E-state index in [0.717, 1.165) is 18.4 Å². The molecular formula is C18H21Cl2N. The van der Waals surface area contributed by atoms with Crippen molar-refractivity contribution < 1.29 is 0 Å². The molecule has 0 heterocycles. The van der Waals surface area contributed by atoms with Crippen LogP contribution in [0, 0.1) is 0 Å². The van der Waals surface area contributed by atoms with Gasteiger partial charge in [-0.05, 0) is 47.6 Å². The van der Waals surface area contributed by atoms with Crippen molar-refractivity contribution in [3.05, 3.63) is 69.2 Å². The third-order valence-corrected chi connectivity index (χ3v) is 4.23. The Balaban J connectivity index is 1.99. The molecule has 2 N–H and O–H groups in total. The van der Waals surface area contributed by atoms with Crippen molar-refractivity contribution >= 4 is 23.2 Å². The average molecular weight is 322 g/mol. The molecule has 0 saturated carbocycles. The van der Waals surface area contributed by atoms with Gasteiger partial charge in [-0.3, -0.25) is 0 Å². The molecule has 0 aliphatic carbocycles. The van der Waals surface area contributed by atoms with Crippen LogP contribution in [-0.4, -0.2) is 6.04 Å². The van der Waals surface area contributed by atoms with Gasteiger partial charge in [-0.1, -0.05) is 67.4 Å². The van der Waals surface area contributed by atoms with E-state index in [-0.39, 0.29) is 6.04 Å². The minimum absolute atomic E-state index is 0.0496. The quantitative estimate of drug-likeness (QED) is 0.801. The number of hydrogen-bond donors (Lipinski definition) is 1. The van der Waals surface area contributed by atoms with Crippen LogP contribution in [0.4, 0.5) is 0 Å². The van der Waals surface area contributed by atoms with Crippen LogP contribution in [0.5, 0.6) is 0 Å². The Morgan fingerprint density at radius 2 is 1.62 bits per heavy atom. The standard InChI is InChI=1S/C18H21Cl2N/c1-12(2)14-5-3-13(4-6-14)9-17(21)10-15-7-8-16(19)11-18(15)20/h3-8,11-12,17H,9-10,21H2,1-2H3. The largest absolute Gasteiger partial charge is 0.327 e. The van der Waals surface area contributed by atoms with Crippen LogP contribution >= 0.6 is 23.2 Å². The maximum absolute atomic E-state index is 6.25. The summed E-state index contributed by atoms with van der Waals surface area (Å²) in [5.74, 6) is 0.556. The maximum Gasteiger partial charge on any atom is 0.0453 e. The summed E-state index contributed by atoms with van der Waals surface area (Å²) in [6.07, 6.45) is 1.60. The third-order valence-electron chi connectivity index (χ3n) is 3.64. The second kappa shape index (κ2) is 7.31. The van der Waals surface area contributed by atoms with E-state index in [4.69, 9.17) is 28.9 Å². The molecule has 0 fully saturated rings. The lowest BCUT2D eigenvalue weighted by Gasteiger charge is -2.14. The highest BCUT2D eigenvalue weighted by Gasteiger charge is 2.09. The van der Waals surface area contributed by atoms with Crippen LogP contribution < -0.4 is 5.73 Å². The van der Waals surface area contributed by atoms with Crippen molar-refractivity contribution in [2.75, 3.05) is 0 Å². The van der Waals surface area contributed by atoms with E-state index in [9.17, 15) is 0 Å². The Labute approximate surface area is 137 Å². The van der Waals surface area contributed by atoms with E-state index in [1.807, 2.05) is 12.1 Å². The van der Waals surface area contributed by atoms with Gasteiger partial charge < -0.3 is 5.73 Å². The summed E-state index contributed by atoms with van der Waals surface area (Å²) in [6, 6.07) is 14.3. The Bertz CT molecular complexity index is 591. The molecule has 1 nitrogen and oxygen atoms in total. The van der Waals surface area contributed by atoms with Crippen molar-refractivity contribution in [2.45, 2.75) is 38.6 Å². The molecule has 0 spiro atoms. The molecule has 2 rings (SSSR count). The van der Waals surface area contributed by atoms with Gasteiger partial charge in [0.05, 0.1) is 0 Å². The molecular weight excluding hydrogens is 301 g/mol. The van der Waals surface area contributed by atoms with Gasteiger partial charge in [-0.25, -0.2) is 0 Å². The lowest BCUT2D eigenvalue weighted by Crippen LogP contribution is -2.25. The first-order valence-electron chi connectivity index (χ1n) is 7.24. The smallest absolute Gasteiger partial charge is 0.0453 e. The number of nitrogens with two attached hydrogens (primary N) is 1. The monoisotopic (exact) mass is 321 g/mol. The van der Waals surface area contributed by atoms with E-state index in [1.165, 1.54) is 11.1 Å². The SMILES string of the molecule is CC(C)c1ccc(CC(N)Cc2ccc(Cl)cc2Cl)cc1. The summed E-state index contributed by atoms with van der Waals surface area (Å²) in [6.45, 7) is 4.40. The molecule has 2 aromatic rings. The Morgan fingerprint density at radius 3 is 2.19 bits per heavy atom. The van der Waals surface area contributed by atoms with E-state index >= 15 is 0 Å². The second-order valence-corrected chi connectivity index (χ2v) is 6.64. The third kappa shape index (κ3) is 4.74. The molecule has 0 bridgehead atoms. The molecule has 1 atom stereocenters. The summed E-state index contributed by atoms with van der Waals surface area (Å²) in [7, 11) is 0. The van der Waals surface area contributed by atoms with E-state index in [1.54, 1.807) is 6.07 Å². The van der Waals surface area contributed by atoms with Crippen molar-refractivity contribution in [1.29, 1.82) is 0 Å². The minimum atomic E-state index is 0.0496. The molecule has 2 aromatic carbocycles. The lowest BCUT2D eigenvalue weighted by atomic mass is 9.97. The molecule has 0 aromatic heterocycles. The molecule has 21 heavy (non-hydrogen) atoms. The first kappa shape index (κ1) is 16.4. The first-order chi connectivity index (χ1) is 9.95. The average Bonchev–Trinajstić information content (AvgIpc) is 2.42. The van der Waals surface area contributed by atoms with Gasteiger partial charge in [-0.2, -0.15) is 0 Å². The van der Waals surface area contributed by atoms with Crippen molar-refractivity contribution in [3.63, 3.8) is 0 Å². The van der Waals surface area contributed by atoms with Crippen LogP contribution in [0.25, 0.3) is 0 Å². The van der Waals surface area contributed by atoms with Crippen molar-refractivity contribution in [1.82, 2.24) is 0 Å². The Kier molecular flexibility index (Phi) is 5.69. The number of benzene rings is 2. The van der Waals surface area contributed by atoms with Crippen LogP contribution in [0.1, 0.15) is 36.5 Å². The highest BCUT2D eigenvalue weighted by molar-refractivity contribution is 6.35. The van der Waals surface area contributed by atoms with Gasteiger partial charge >= 0.3 is 0 Å². The van der Waals surface area contributed by atoms with Crippen LogP contribution in [0.15, 0.2) is 42.5 Å². The zero-order valence-corrected chi connectivity index (χ0v) is 14.0. The van der Waals surface area contributed by atoms with Gasteiger partial charge in [0.15, 0.2) is 0 Å². The first-order valence-corrected chi connectivity index (χ1v) is 7.99. The second-order valence-electron chi connectivity index (χ2n) is 5.80. The lowest BCUT2D eigenvalue weighted by molar-refractivity contribution is 0.664. The summed E-state index contributed by atoms with van der Waals surface area (Å²) in [5.41, 5.74) is 9.92. The fourth-order valence-corrected chi connectivity index (χ4v) is 2.87. The van der Waals surface area contributed by atoms with E-state index < -0.39 is 0 Å². The fraction of sp³-hybridized carbons (Fsp3) is 0.333. The Hall–Kier alpha value is -1.02. The van der Waals surface area contributed by atoms with Crippen LogP contribution in [0.3, 0.4) is 0 Å². The maximum atomic E-state index is 6.25. The molecule has 112 valence electrons. The van der Waals surface area contributed by atoms with Gasteiger partial charge in [0, 0.05) is 16.1 Å². The molecule has 3 heteroatoms. The Morgan fingerprint density at radius 1 is 0.952 bits per heavy atom. The number of hydrogen-bond acceptors (Lipinski definition) is 1. The number of halogens is 2. The molecule has 0 radical (unpaired) electrons. The minimum Gasteiger partial charge on any atom is -0.327 e. The van der Waals surface area contributed by atoms with Crippen LogP contribution in [-0.2, 0) is 12.8 Å². The van der Waals surface area contributed by atoms with Gasteiger partial charge in [0.25, 0.3) is 0 Å². The molecule has 0 aliphatic rings. The van der Waals surface area contributed by atoms with Crippen LogP contribution in [0.2, 0.25) is 10.0 Å². The molecule has 1 unspecified atom stereocenters. The van der Waals surface area contributed by atoms with Gasteiger partial charge in [-0.15, -0.1) is 0 Å². The highest BCUT2D eigenvalue weighted by atomic mass is 35.5. The summed E-state index contributed by atoms with van der Waals surface area (Å²) in [4.78, 5) is 0. The van der Waals surface area contributed by atoms with E-state index in [0.29, 0.717) is 16.0 Å². The summed E-state index contributed by atoms with van der Waals surface area (Å²) >= 11 is 12.1. The molecule has 0 amide bonds. The summed E-state index contributed by atoms with van der Waals surface area (Å²) in [5, 5.41) is 1.34. The molecule has 0 aliphatic heterocycles.